The standard InChI is InChI=1S/C29H33Cl2N3O4S/c1-4-23-13-9-10-14-26(23)34(39(3,37)38)20-28(35)33(19-22-15-16-24(30)25(31)17-22)27(29(36)32-5-2)18-21-11-7-6-8-12-21/h6-17,27H,4-5,18-20H2,1-3H3,(H,32,36)/t27-/m1/s1. The summed E-state index contributed by atoms with van der Waals surface area (Å²) in [6.07, 6.45) is 1.89. The molecule has 10 heteroatoms. The van der Waals surface area contributed by atoms with Gasteiger partial charge in [-0.1, -0.05) is 84.7 Å². The fraction of sp³-hybridized carbons (Fsp3) is 0.310. The van der Waals surface area contributed by atoms with E-state index in [2.05, 4.69) is 5.32 Å². The molecule has 0 aliphatic rings. The molecular weight excluding hydrogens is 557 g/mol. The number of anilines is 1. The second-order valence-electron chi connectivity index (χ2n) is 9.12. The summed E-state index contributed by atoms with van der Waals surface area (Å²) >= 11 is 12.4. The van der Waals surface area contributed by atoms with Gasteiger partial charge in [-0.3, -0.25) is 13.9 Å². The molecule has 0 heterocycles. The first-order valence-corrected chi connectivity index (χ1v) is 15.3. The quantitative estimate of drug-likeness (QED) is 0.318. The summed E-state index contributed by atoms with van der Waals surface area (Å²) in [4.78, 5) is 28.8. The number of carbonyl (C=O) groups excluding carboxylic acids is 2. The number of likely N-dealkylation sites (N-methyl/N-ethyl adjacent to an activating group) is 1. The Kier molecular flexibility index (Phi) is 10.8. The van der Waals surface area contributed by atoms with Crippen LogP contribution >= 0.6 is 23.2 Å². The molecule has 208 valence electrons. The number of para-hydroxylation sites is 1. The van der Waals surface area contributed by atoms with Crippen LogP contribution in [0.25, 0.3) is 0 Å². The highest BCUT2D eigenvalue weighted by atomic mass is 35.5. The topological polar surface area (TPSA) is 86.8 Å². The lowest BCUT2D eigenvalue weighted by molar-refractivity contribution is -0.140. The average Bonchev–Trinajstić information content (AvgIpc) is 2.91. The molecule has 7 nitrogen and oxygen atoms in total. The molecule has 0 bridgehead atoms. The van der Waals surface area contributed by atoms with E-state index < -0.39 is 28.5 Å². The van der Waals surface area contributed by atoms with Crippen molar-refractivity contribution >= 4 is 50.7 Å². The number of carbonyl (C=O) groups is 2. The van der Waals surface area contributed by atoms with Crippen molar-refractivity contribution in [2.45, 2.75) is 39.3 Å². The van der Waals surface area contributed by atoms with Crippen LogP contribution in [0.2, 0.25) is 10.0 Å². The van der Waals surface area contributed by atoms with Gasteiger partial charge in [-0.25, -0.2) is 8.42 Å². The zero-order valence-electron chi connectivity index (χ0n) is 22.2. The Morgan fingerprint density at radius 3 is 2.18 bits per heavy atom. The number of aryl methyl sites for hydroxylation is 1. The van der Waals surface area contributed by atoms with Gasteiger partial charge in [0, 0.05) is 19.5 Å². The number of nitrogens with one attached hydrogen (secondary N) is 1. The van der Waals surface area contributed by atoms with Crippen LogP contribution in [0.5, 0.6) is 0 Å². The Hall–Kier alpha value is -3.07. The predicted molar refractivity (Wildman–Crippen MR) is 158 cm³/mol. The molecule has 3 aromatic rings. The highest BCUT2D eigenvalue weighted by Gasteiger charge is 2.33. The molecule has 0 fully saturated rings. The Morgan fingerprint density at radius 2 is 1.56 bits per heavy atom. The van der Waals surface area contributed by atoms with Gasteiger partial charge in [-0.2, -0.15) is 0 Å². The number of hydrogen-bond acceptors (Lipinski definition) is 4. The summed E-state index contributed by atoms with van der Waals surface area (Å²) < 4.78 is 27.0. The van der Waals surface area contributed by atoms with Gasteiger partial charge < -0.3 is 10.2 Å². The second-order valence-corrected chi connectivity index (χ2v) is 11.8. The van der Waals surface area contributed by atoms with E-state index in [0.717, 1.165) is 21.7 Å². The minimum absolute atomic E-state index is 0.0252. The molecule has 1 atom stereocenters. The van der Waals surface area contributed by atoms with Crippen molar-refractivity contribution < 1.29 is 18.0 Å². The Labute approximate surface area is 240 Å². The van der Waals surface area contributed by atoms with E-state index in [1.807, 2.05) is 49.4 Å². The molecular formula is C29H33Cl2N3O4S. The first kappa shape index (κ1) is 30.5. The fourth-order valence-electron chi connectivity index (χ4n) is 4.33. The molecule has 1 N–H and O–H groups in total. The van der Waals surface area contributed by atoms with Crippen LogP contribution in [0.1, 0.15) is 30.5 Å². The summed E-state index contributed by atoms with van der Waals surface area (Å²) in [7, 11) is -3.83. The van der Waals surface area contributed by atoms with Gasteiger partial charge in [-0.05, 0) is 48.2 Å². The summed E-state index contributed by atoms with van der Waals surface area (Å²) in [6.45, 7) is 3.65. The molecule has 0 aromatic heterocycles. The van der Waals surface area contributed by atoms with Gasteiger partial charge in [0.25, 0.3) is 0 Å². The zero-order valence-corrected chi connectivity index (χ0v) is 24.6. The van der Waals surface area contributed by atoms with Crippen LogP contribution in [0.4, 0.5) is 5.69 Å². The molecule has 0 aliphatic carbocycles. The molecule has 0 saturated carbocycles. The predicted octanol–water partition coefficient (Wildman–Crippen LogP) is 5.10. The van der Waals surface area contributed by atoms with Crippen molar-refractivity contribution in [3.05, 3.63) is 99.5 Å². The maximum atomic E-state index is 14.1. The van der Waals surface area contributed by atoms with Gasteiger partial charge >= 0.3 is 0 Å². The van der Waals surface area contributed by atoms with Gasteiger partial charge in [0.1, 0.15) is 12.6 Å². The van der Waals surface area contributed by atoms with E-state index in [1.165, 1.54) is 4.90 Å². The van der Waals surface area contributed by atoms with Crippen molar-refractivity contribution in [2.75, 3.05) is 23.7 Å². The highest BCUT2D eigenvalue weighted by Crippen LogP contribution is 2.26. The van der Waals surface area contributed by atoms with E-state index >= 15 is 0 Å². The van der Waals surface area contributed by atoms with E-state index in [9.17, 15) is 18.0 Å². The van der Waals surface area contributed by atoms with Crippen molar-refractivity contribution in [3.8, 4) is 0 Å². The smallest absolute Gasteiger partial charge is 0.244 e. The van der Waals surface area contributed by atoms with E-state index in [0.29, 0.717) is 34.3 Å². The minimum atomic E-state index is -3.83. The Bertz CT molecular complexity index is 1400. The van der Waals surface area contributed by atoms with E-state index in [4.69, 9.17) is 23.2 Å². The van der Waals surface area contributed by atoms with E-state index in [1.54, 1.807) is 37.3 Å². The minimum Gasteiger partial charge on any atom is -0.355 e. The summed E-state index contributed by atoms with van der Waals surface area (Å²) in [5.74, 6) is -0.862. The first-order chi connectivity index (χ1) is 18.5. The number of nitrogens with zero attached hydrogens (tertiary/aromatic N) is 2. The highest BCUT2D eigenvalue weighted by molar-refractivity contribution is 7.92. The number of amides is 2. The lowest BCUT2D eigenvalue weighted by Crippen LogP contribution is -2.53. The summed E-state index contributed by atoms with van der Waals surface area (Å²) in [5, 5.41) is 3.51. The van der Waals surface area contributed by atoms with Crippen molar-refractivity contribution in [1.29, 1.82) is 0 Å². The Balaban J connectivity index is 2.08. The molecule has 3 aromatic carbocycles. The molecule has 0 aliphatic heterocycles. The van der Waals surface area contributed by atoms with Crippen molar-refractivity contribution in [3.63, 3.8) is 0 Å². The molecule has 0 saturated heterocycles. The SMILES string of the molecule is CCNC(=O)[C@@H](Cc1ccccc1)N(Cc1ccc(Cl)c(Cl)c1)C(=O)CN(c1ccccc1CC)S(C)(=O)=O. The van der Waals surface area contributed by atoms with Crippen molar-refractivity contribution in [1.82, 2.24) is 10.2 Å². The van der Waals surface area contributed by atoms with Crippen LogP contribution in [0.3, 0.4) is 0 Å². The normalized spacial score (nSPS) is 12.0. The number of rotatable bonds is 12. The molecule has 0 unspecified atom stereocenters. The lowest BCUT2D eigenvalue weighted by atomic mass is 10.0. The number of benzene rings is 3. The van der Waals surface area contributed by atoms with Gasteiger partial charge in [0.05, 0.1) is 22.0 Å². The Morgan fingerprint density at radius 1 is 0.897 bits per heavy atom. The number of hydrogen-bond donors (Lipinski definition) is 1. The number of sulfonamides is 1. The van der Waals surface area contributed by atoms with E-state index in [-0.39, 0.29) is 18.9 Å². The molecule has 0 spiro atoms. The summed E-state index contributed by atoms with van der Waals surface area (Å²) in [5.41, 5.74) is 2.73. The van der Waals surface area contributed by atoms with Crippen molar-refractivity contribution in [2.24, 2.45) is 0 Å². The maximum Gasteiger partial charge on any atom is 0.244 e. The molecule has 2 amide bonds. The first-order valence-electron chi connectivity index (χ1n) is 12.7. The largest absolute Gasteiger partial charge is 0.355 e. The fourth-order valence-corrected chi connectivity index (χ4v) is 5.53. The zero-order chi connectivity index (χ0) is 28.6. The average molecular weight is 591 g/mol. The van der Waals surface area contributed by atoms with Gasteiger partial charge in [0.2, 0.25) is 21.8 Å². The van der Waals surface area contributed by atoms with Crippen LogP contribution in [0, 0.1) is 0 Å². The number of halogens is 2. The third-order valence-electron chi connectivity index (χ3n) is 6.28. The third-order valence-corrected chi connectivity index (χ3v) is 8.14. The summed E-state index contributed by atoms with van der Waals surface area (Å²) in [6, 6.07) is 20.5. The van der Waals surface area contributed by atoms with Crippen LogP contribution in [-0.2, 0) is 39.0 Å². The lowest BCUT2D eigenvalue weighted by Gasteiger charge is -2.34. The van der Waals surface area contributed by atoms with Crippen LogP contribution in [-0.4, -0.2) is 50.5 Å². The monoisotopic (exact) mass is 589 g/mol. The molecule has 0 radical (unpaired) electrons. The second kappa shape index (κ2) is 13.8. The molecule has 3 rings (SSSR count). The maximum absolute atomic E-state index is 14.1. The van der Waals surface area contributed by atoms with Gasteiger partial charge in [-0.15, -0.1) is 0 Å². The van der Waals surface area contributed by atoms with Crippen LogP contribution in [0.15, 0.2) is 72.8 Å². The van der Waals surface area contributed by atoms with Crippen LogP contribution < -0.4 is 9.62 Å². The molecule has 39 heavy (non-hydrogen) atoms. The third kappa shape index (κ3) is 8.21. The van der Waals surface area contributed by atoms with Gasteiger partial charge in [0.15, 0.2) is 0 Å².